The molecule has 0 aliphatic heterocycles. The van der Waals surface area contributed by atoms with Gasteiger partial charge < -0.3 is 4.55 Å². The van der Waals surface area contributed by atoms with Gasteiger partial charge in [-0.2, -0.15) is 0 Å². The summed E-state index contributed by atoms with van der Waals surface area (Å²) in [6.45, 7) is 0. The van der Waals surface area contributed by atoms with Crippen molar-refractivity contribution >= 4 is 25.7 Å². The van der Waals surface area contributed by atoms with Gasteiger partial charge in [-0.05, 0) is 24.3 Å². The molecule has 2 aromatic carbocycles. The number of carbonyl (C=O) groups excluding carboxylic acids is 1. The molecular formula is C15H13NaO6S2. The first-order chi connectivity index (χ1) is 10.7. The summed E-state index contributed by atoms with van der Waals surface area (Å²) < 4.78 is 55.5. The van der Waals surface area contributed by atoms with Crippen LogP contribution in [0.25, 0.3) is 0 Å². The van der Waals surface area contributed by atoms with Crippen LogP contribution in [0.15, 0.2) is 59.5 Å². The van der Waals surface area contributed by atoms with Gasteiger partial charge in [-0.15, -0.1) is 0 Å². The third-order valence-electron chi connectivity index (χ3n) is 3.11. The summed E-state index contributed by atoms with van der Waals surface area (Å²) in [5.74, 6) is -2.03. The van der Waals surface area contributed by atoms with Gasteiger partial charge in [0, 0.05) is 11.1 Å². The van der Waals surface area contributed by atoms with Crippen LogP contribution >= 0.6 is 0 Å². The van der Waals surface area contributed by atoms with Crippen molar-refractivity contribution < 1.29 is 55.7 Å². The molecule has 0 unspecified atom stereocenters. The van der Waals surface area contributed by atoms with Crippen molar-refractivity contribution in [3.63, 3.8) is 0 Å². The molecule has 0 amide bonds. The Morgan fingerprint density at radius 1 is 0.792 bits per heavy atom. The van der Waals surface area contributed by atoms with Crippen LogP contribution in [0.2, 0.25) is 0 Å². The Bertz CT molecular complexity index is 904. The number of rotatable bonds is 6. The van der Waals surface area contributed by atoms with Crippen molar-refractivity contribution in [1.82, 2.24) is 0 Å². The summed E-state index contributed by atoms with van der Waals surface area (Å²) in [6.07, 6.45) is 0. The Morgan fingerprint density at radius 3 is 1.79 bits per heavy atom. The van der Waals surface area contributed by atoms with Crippen LogP contribution in [-0.4, -0.2) is 38.7 Å². The van der Waals surface area contributed by atoms with E-state index in [2.05, 4.69) is 0 Å². The van der Waals surface area contributed by atoms with E-state index in [4.69, 9.17) is 0 Å². The van der Waals surface area contributed by atoms with E-state index in [9.17, 15) is 26.2 Å². The first-order valence-corrected chi connectivity index (χ1v) is 9.78. The summed E-state index contributed by atoms with van der Waals surface area (Å²) in [7, 11) is -8.50. The first-order valence-electron chi connectivity index (χ1n) is 6.55. The first kappa shape index (κ1) is 21.0. The number of hydrogen-bond acceptors (Lipinski definition) is 6. The number of benzene rings is 2. The van der Waals surface area contributed by atoms with E-state index in [0.29, 0.717) is 11.1 Å². The van der Waals surface area contributed by atoms with E-state index < -0.39 is 31.5 Å². The molecule has 0 aromatic heterocycles. The second-order valence-corrected chi connectivity index (χ2v) is 8.43. The summed E-state index contributed by atoms with van der Waals surface area (Å²) in [6, 6.07) is 13.7. The zero-order valence-corrected chi connectivity index (χ0v) is 16.5. The zero-order valence-electron chi connectivity index (χ0n) is 12.9. The molecule has 9 heteroatoms. The molecule has 6 nitrogen and oxygen atoms in total. The third-order valence-corrected chi connectivity index (χ3v) is 5.81. The maximum Gasteiger partial charge on any atom is 1.00 e. The average Bonchev–Trinajstić information content (AvgIpc) is 2.53. The van der Waals surface area contributed by atoms with E-state index in [1.54, 1.807) is 30.3 Å². The topological polar surface area (TPSA) is 108 Å². The number of hydrogen-bond donors (Lipinski definition) is 0. The van der Waals surface area contributed by atoms with E-state index >= 15 is 0 Å². The number of ketones is 1. The van der Waals surface area contributed by atoms with Gasteiger partial charge >= 0.3 is 29.6 Å². The van der Waals surface area contributed by atoms with E-state index in [0.717, 1.165) is 0 Å². The molecule has 24 heavy (non-hydrogen) atoms. The summed E-state index contributed by atoms with van der Waals surface area (Å²) in [5.41, 5.74) is 0.784. The number of sulfone groups is 1. The van der Waals surface area contributed by atoms with Crippen molar-refractivity contribution in [3.05, 3.63) is 65.7 Å². The van der Waals surface area contributed by atoms with Gasteiger partial charge in [0.1, 0.15) is 0 Å². The van der Waals surface area contributed by atoms with Crippen LogP contribution in [0.4, 0.5) is 0 Å². The molecule has 0 spiro atoms. The average molecular weight is 376 g/mol. The van der Waals surface area contributed by atoms with Crippen LogP contribution in [-0.2, 0) is 20.0 Å². The Balaban J connectivity index is 0.00000288. The van der Waals surface area contributed by atoms with Gasteiger partial charge in [0.15, 0.2) is 15.6 Å². The van der Waals surface area contributed by atoms with Gasteiger partial charge in [0.05, 0.1) is 26.5 Å². The van der Waals surface area contributed by atoms with Crippen molar-refractivity contribution in [2.75, 3.05) is 11.5 Å². The van der Waals surface area contributed by atoms with Crippen LogP contribution in [0, 0.1) is 0 Å². The Morgan fingerprint density at radius 2 is 1.29 bits per heavy atom. The molecule has 0 saturated carbocycles. The minimum Gasteiger partial charge on any atom is -0.748 e. The number of carbonyl (C=O) groups is 1. The molecule has 0 fully saturated rings. The maximum absolute atomic E-state index is 12.2. The van der Waals surface area contributed by atoms with Crippen molar-refractivity contribution in [1.29, 1.82) is 0 Å². The normalized spacial score (nSPS) is 11.5. The fourth-order valence-electron chi connectivity index (χ4n) is 1.90. The molecular weight excluding hydrogens is 363 g/mol. The van der Waals surface area contributed by atoms with Crippen LogP contribution in [0.5, 0.6) is 0 Å². The molecule has 0 N–H and O–H groups in total. The smallest absolute Gasteiger partial charge is 0.748 e. The molecule has 2 aromatic rings. The van der Waals surface area contributed by atoms with Crippen LogP contribution < -0.4 is 29.6 Å². The molecule has 0 bridgehead atoms. The second-order valence-electron chi connectivity index (χ2n) is 4.80. The largest absolute Gasteiger partial charge is 1.00 e. The summed E-state index contributed by atoms with van der Waals surface area (Å²) in [5, 5.41) is 0. The predicted octanol–water partition coefficient (Wildman–Crippen LogP) is -1.76. The molecule has 2 rings (SSSR count). The molecule has 0 aliphatic rings. The van der Waals surface area contributed by atoms with Gasteiger partial charge in [-0.25, -0.2) is 16.8 Å². The Hall–Kier alpha value is -1.03. The summed E-state index contributed by atoms with van der Waals surface area (Å²) in [4.78, 5) is 12.1. The minimum atomic E-state index is -4.61. The van der Waals surface area contributed by atoms with Gasteiger partial charge in [0.2, 0.25) is 0 Å². The van der Waals surface area contributed by atoms with Crippen molar-refractivity contribution in [2.45, 2.75) is 4.90 Å². The van der Waals surface area contributed by atoms with Crippen molar-refractivity contribution in [3.8, 4) is 0 Å². The second kappa shape index (κ2) is 8.37. The van der Waals surface area contributed by atoms with E-state index in [1.165, 1.54) is 24.3 Å². The fourth-order valence-corrected chi connectivity index (χ4v) is 4.38. The molecule has 0 aliphatic carbocycles. The summed E-state index contributed by atoms with van der Waals surface area (Å²) >= 11 is 0. The minimum absolute atomic E-state index is 0. The molecule has 122 valence electrons. The molecule has 0 radical (unpaired) electrons. The molecule has 0 atom stereocenters. The standard InChI is InChI=1S/C15H14O6S2.Na/c16-15(12-4-2-1-3-5-12)13-6-8-14(9-7-13)22(17,18)10-11-23(19,20)21;/h1-9H,10-11H2,(H,19,20,21);/q;+1/p-1. The van der Waals surface area contributed by atoms with Gasteiger partial charge in [-0.3, -0.25) is 4.79 Å². The van der Waals surface area contributed by atoms with Gasteiger partial charge in [-0.1, -0.05) is 30.3 Å². The van der Waals surface area contributed by atoms with Crippen LogP contribution in [0.3, 0.4) is 0 Å². The molecule has 0 heterocycles. The Labute approximate surface area is 162 Å². The van der Waals surface area contributed by atoms with Gasteiger partial charge in [0.25, 0.3) is 0 Å². The fraction of sp³-hybridized carbons (Fsp3) is 0.133. The zero-order chi connectivity index (χ0) is 17.1. The predicted molar refractivity (Wildman–Crippen MR) is 82.9 cm³/mol. The monoisotopic (exact) mass is 376 g/mol. The van der Waals surface area contributed by atoms with E-state index in [-0.39, 0.29) is 40.2 Å². The Kier molecular flexibility index (Phi) is 7.33. The van der Waals surface area contributed by atoms with Crippen molar-refractivity contribution in [2.24, 2.45) is 0 Å². The SMILES string of the molecule is O=C(c1ccccc1)c1ccc(S(=O)(=O)CCS(=O)(=O)[O-])cc1.[Na+]. The quantitative estimate of drug-likeness (QED) is 0.336. The molecule has 0 saturated heterocycles. The third kappa shape index (κ3) is 5.80. The van der Waals surface area contributed by atoms with E-state index in [1.807, 2.05) is 0 Å². The van der Waals surface area contributed by atoms with Crippen LogP contribution in [0.1, 0.15) is 15.9 Å². The maximum atomic E-state index is 12.2.